The minimum atomic E-state index is -0.632. The van der Waals surface area contributed by atoms with Crippen LogP contribution in [-0.4, -0.2) is 26.3 Å². The van der Waals surface area contributed by atoms with Crippen LogP contribution in [0.25, 0.3) is 17.2 Å². The van der Waals surface area contributed by atoms with Gasteiger partial charge in [0, 0.05) is 42.1 Å². The number of nitrogens with one attached hydrogen (secondary N) is 3. The minimum absolute atomic E-state index is 0. The van der Waals surface area contributed by atoms with Crippen LogP contribution in [0, 0.1) is 18.6 Å². The predicted octanol–water partition coefficient (Wildman–Crippen LogP) is 6.04. The molecule has 2 aromatic carbocycles. The summed E-state index contributed by atoms with van der Waals surface area (Å²) in [4.78, 5) is 37.9. The van der Waals surface area contributed by atoms with E-state index < -0.39 is 17.3 Å². The summed E-state index contributed by atoms with van der Waals surface area (Å²) >= 11 is 0. The van der Waals surface area contributed by atoms with E-state index in [4.69, 9.17) is 4.74 Å². The number of hydrogen-bond donors (Lipinski definition) is 3. The van der Waals surface area contributed by atoms with Gasteiger partial charge in [0.2, 0.25) is 6.41 Å². The van der Waals surface area contributed by atoms with Gasteiger partial charge in [0.05, 0.1) is 0 Å². The summed E-state index contributed by atoms with van der Waals surface area (Å²) in [6.45, 7) is 1.83. The van der Waals surface area contributed by atoms with Crippen LogP contribution >= 0.6 is 0 Å². The summed E-state index contributed by atoms with van der Waals surface area (Å²) in [7, 11) is 0. The highest BCUT2D eigenvalue weighted by Crippen LogP contribution is 2.31. The van der Waals surface area contributed by atoms with Gasteiger partial charge in [-0.2, -0.15) is 0 Å². The van der Waals surface area contributed by atoms with Crippen molar-refractivity contribution < 1.29 is 18.3 Å². The number of aromatic amines is 2. The van der Waals surface area contributed by atoms with E-state index in [1.165, 1.54) is 53.6 Å². The maximum Gasteiger partial charge on any atom is 0.325 e. The standard InChI is InChI=1S/C27H20F2N6O3.CH4/c1-16-17(10-13-35(15-36)20-5-2-18(28)3-6-20)8-11-30-25(16)32-19-4-7-22(21(29)14-19)38-23-9-12-31-26-24(23)33-27(37)34-26;/h2-15H,1H3,(H,30,32)(H2,31,33,34,37);1H4/b13-10-;. The highest BCUT2D eigenvalue weighted by Gasteiger charge is 2.12. The summed E-state index contributed by atoms with van der Waals surface area (Å²) in [5.41, 5.74) is 2.65. The van der Waals surface area contributed by atoms with Gasteiger partial charge in [-0.25, -0.2) is 23.5 Å². The third kappa shape index (κ3) is 5.82. The van der Waals surface area contributed by atoms with Gasteiger partial charge >= 0.3 is 5.69 Å². The summed E-state index contributed by atoms with van der Waals surface area (Å²) in [5.74, 6) is -0.337. The first-order chi connectivity index (χ1) is 18.4. The molecule has 0 bridgehead atoms. The topological polar surface area (TPSA) is 116 Å². The molecule has 0 atom stereocenters. The Kier molecular flexibility index (Phi) is 7.80. The average molecular weight is 531 g/mol. The van der Waals surface area contributed by atoms with Crippen LogP contribution in [-0.2, 0) is 4.79 Å². The van der Waals surface area contributed by atoms with Gasteiger partial charge in [0.25, 0.3) is 0 Å². The normalized spacial score (nSPS) is 10.8. The molecular weight excluding hydrogens is 506 g/mol. The Balaban J connectivity index is 0.00000353. The van der Waals surface area contributed by atoms with Gasteiger partial charge in [-0.15, -0.1) is 0 Å². The van der Waals surface area contributed by atoms with Crippen LogP contribution in [0.2, 0.25) is 0 Å². The molecule has 3 aromatic heterocycles. The summed E-state index contributed by atoms with van der Waals surface area (Å²) in [6, 6.07) is 13.2. The number of anilines is 3. The van der Waals surface area contributed by atoms with Crippen molar-refractivity contribution in [1.82, 2.24) is 19.9 Å². The molecule has 39 heavy (non-hydrogen) atoms. The minimum Gasteiger partial charge on any atom is -0.452 e. The fourth-order valence-corrected chi connectivity index (χ4v) is 3.73. The van der Waals surface area contributed by atoms with E-state index in [0.717, 1.165) is 11.1 Å². The number of H-pyrrole nitrogens is 2. The second-order valence-corrected chi connectivity index (χ2v) is 8.16. The number of amides is 1. The first-order valence-electron chi connectivity index (χ1n) is 11.4. The van der Waals surface area contributed by atoms with Gasteiger partial charge in [0.1, 0.15) is 17.2 Å². The molecule has 0 fully saturated rings. The van der Waals surface area contributed by atoms with Gasteiger partial charge in [-0.05, 0) is 66.6 Å². The molecule has 5 aromatic rings. The fourth-order valence-electron chi connectivity index (χ4n) is 3.73. The van der Waals surface area contributed by atoms with Crippen LogP contribution in [0.15, 0.2) is 78.0 Å². The predicted molar refractivity (Wildman–Crippen MR) is 146 cm³/mol. The monoisotopic (exact) mass is 530 g/mol. The molecule has 0 aliphatic heterocycles. The van der Waals surface area contributed by atoms with Crippen LogP contribution in [0.5, 0.6) is 11.5 Å². The number of imidazole rings is 1. The largest absolute Gasteiger partial charge is 0.452 e. The number of aromatic nitrogens is 4. The summed E-state index contributed by atoms with van der Waals surface area (Å²) < 4.78 is 33.8. The number of ether oxygens (including phenoxy) is 1. The quantitative estimate of drug-likeness (QED) is 0.211. The lowest BCUT2D eigenvalue weighted by molar-refractivity contribution is -0.106. The molecule has 5 rings (SSSR count). The van der Waals surface area contributed by atoms with Crippen molar-refractivity contribution in [3.8, 4) is 11.5 Å². The second-order valence-electron chi connectivity index (χ2n) is 8.16. The molecule has 198 valence electrons. The van der Waals surface area contributed by atoms with Gasteiger partial charge < -0.3 is 15.0 Å². The third-order valence-corrected chi connectivity index (χ3v) is 5.70. The van der Waals surface area contributed by atoms with Crippen LogP contribution < -0.4 is 20.6 Å². The van der Waals surface area contributed by atoms with Crippen LogP contribution in [0.3, 0.4) is 0 Å². The molecule has 9 nitrogen and oxygen atoms in total. The Labute approximate surface area is 221 Å². The van der Waals surface area contributed by atoms with E-state index in [2.05, 4.69) is 25.3 Å². The first kappa shape index (κ1) is 26.7. The second kappa shape index (κ2) is 11.4. The zero-order chi connectivity index (χ0) is 26.6. The lowest BCUT2D eigenvalue weighted by Crippen LogP contribution is -2.12. The number of nitrogens with zero attached hydrogens (tertiary/aromatic N) is 3. The summed E-state index contributed by atoms with van der Waals surface area (Å²) in [5, 5.41) is 3.09. The molecule has 3 heterocycles. The Morgan fingerprint density at radius 2 is 1.74 bits per heavy atom. The molecule has 11 heteroatoms. The Morgan fingerprint density at radius 1 is 0.974 bits per heavy atom. The van der Waals surface area contributed by atoms with Gasteiger partial charge in [0.15, 0.2) is 23.0 Å². The van der Waals surface area contributed by atoms with E-state index in [-0.39, 0.29) is 18.9 Å². The highest BCUT2D eigenvalue weighted by molar-refractivity contribution is 5.80. The number of carbonyl (C=O) groups is 1. The van der Waals surface area contributed by atoms with Crippen molar-refractivity contribution in [1.29, 1.82) is 0 Å². The number of carbonyl (C=O) groups excluding carboxylic acids is 1. The molecule has 1 amide bonds. The average Bonchev–Trinajstić information content (AvgIpc) is 3.30. The lowest BCUT2D eigenvalue weighted by Gasteiger charge is -2.14. The molecule has 0 radical (unpaired) electrons. The van der Waals surface area contributed by atoms with E-state index >= 15 is 0 Å². The Hall–Kier alpha value is -5.32. The number of halogens is 2. The van der Waals surface area contributed by atoms with Crippen molar-refractivity contribution in [2.24, 2.45) is 0 Å². The zero-order valence-corrected chi connectivity index (χ0v) is 19.9. The van der Waals surface area contributed by atoms with Crippen molar-refractivity contribution in [2.45, 2.75) is 14.4 Å². The van der Waals surface area contributed by atoms with E-state index in [1.807, 2.05) is 6.92 Å². The molecule has 0 aliphatic rings. The number of pyridine rings is 2. The molecule has 0 spiro atoms. The smallest absolute Gasteiger partial charge is 0.325 e. The molecule has 0 saturated heterocycles. The summed E-state index contributed by atoms with van der Waals surface area (Å²) in [6.07, 6.45) is 6.93. The first-order valence-corrected chi connectivity index (χ1v) is 11.4. The molecule has 0 saturated carbocycles. The maximum absolute atomic E-state index is 14.9. The van der Waals surface area contributed by atoms with Crippen molar-refractivity contribution in [2.75, 3.05) is 10.2 Å². The van der Waals surface area contributed by atoms with Gasteiger partial charge in [-0.3, -0.25) is 14.7 Å². The molecule has 0 aliphatic carbocycles. The fraction of sp³-hybridized carbons (Fsp3) is 0.0714. The number of fused-ring (bicyclic) bond motifs is 1. The molecule has 0 unspecified atom stereocenters. The zero-order valence-electron chi connectivity index (χ0n) is 19.9. The lowest BCUT2D eigenvalue weighted by atomic mass is 10.1. The third-order valence-electron chi connectivity index (χ3n) is 5.70. The number of hydrogen-bond acceptors (Lipinski definition) is 6. The van der Waals surface area contributed by atoms with Crippen LogP contribution in [0.1, 0.15) is 18.6 Å². The van der Waals surface area contributed by atoms with Crippen molar-refractivity contribution in [3.05, 3.63) is 106 Å². The van der Waals surface area contributed by atoms with E-state index in [1.54, 1.807) is 30.6 Å². The molecular formula is C28H24F2N6O3. The van der Waals surface area contributed by atoms with Crippen molar-refractivity contribution >= 4 is 40.8 Å². The maximum atomic E-state index is 14.9. The number of benzene rings is 2. The van der Waals surface area contributed by atoms with Crippen LogP contribution in [0.4, 0.5) is 26.0 Å². The SMILES string of the molecule is C.Cc1c(/C=C\N(C=O)c2ccc(F)cc2)ccnc1Nc1ccc(Oc2ccnc3[nH]c(=O)[nH]c23)c(F)c1. The Morgan fingerprint density at radius 3 is 2.49 bits per heavy atom. The highest BCUT2D eigenvalue weighted by atomic mass is 19.1. The molecule has 3 N–H and O–H groups in total. The number of rotatable bonds is 8. The van der Waals surface area contributed by atoms with Gasteiger partial charge in [-0.1, -0.05) is 7.43 Å². The van der Waals surface area contributed by atoms with E-state index in [9.17, 15) is 18.4 Å². The van der Waals surface area contributed by atoms with Crippen molar-refractivity contribution in [3.63, 3.8) is 0 Å². The Bertz CT molecular complexity index is 1710. The van der Waals surface area contributed by atoms with E-state index in [0.29, 0.717) is 34.8 Å².